The number of benzene rings is 1. The van der Waals surface area contributed by atoms with Crippen molar-refractivity contribution in [2.24, 2.45) is 0 Å². The molecular weight excluding hydrogens is 257 g/mol. The number of hydrogen-bond acceptors (Lipinski definition) is 2. The quantitative estimate of drug-likeness (QED) is 0.856. The second-order valence-corrected chi connectivity index (χ2v) is 4.79. The van der Waals surface area contributed by atoms with Gasteiger partial charge in [-0.25, -0.2) is 4.39 Å². The summed E-state index contributed by atoms with van der Waals surface area (Å²) >= 11 is 0. The summed E-state index contributed by atoms with van der Waals surface area (Å²) in [4.78, 5) is 14.0. The number of nitrogens with zero attached hydrogens (tertiary/aromatic N) is 1. The zero-order valence-corrected chi connectivity index (χ0v) is 11.5. The fraction of sp³-hybridized carbons (Fsp3) is 0.438. The van der Waals surface area contributed by atoms with Crippen molar-refractivity contribution in [3.8, 4) is 11.8 Å². The van der Waals surface area contributed by atoms with Crippen molar-refractivity contribution in [1.29, 1.82) is 0 Å². The van der Waals surface area contributed by atoms with Crippen LogP contribution in [0, 0.1) is 17.7 Å². The van der Waals surface area contributed by atoms with E-state index in [0.717, 1.165) is 12.8 Å². The first kappa shape index (κ1) is 14.5. The number of carbonyl (C=O) groups excluding carboxylic acids is 1. The van der Waals surface area contributed by atoms with Crippen LogP contribution in [0.4, 0.5) is 4.39 Å². The maximum Gasteiger partial charge on any atom is 0.257 e. The van der Waals surface area contributed by atoms with Gasteiger partial charge < -0.3 is 10.0 Å². The average Bonchev–Trinajstić information content (AvgIpc) is 3.24. The molecule has 0 heterocycles. The second-order valence-electron chi connectivity index (χ2n) is 4.79. The number of amides is 1. The predicted octanol–water partition coefficient (Wildman–Crippen LogP) is 2.18. The summed E-state index contributed by atoms with van der Waals surface area (Å²) in [6.07, 6.45) is 2.37. The van der Waals surface area contributed by atoms with Gasteiger partial charge in [0.1, 0.15) is 5.82 Å². The van der Waals surface area contributed by atoms with Gasteiger partial charge in [0.2, 0.25) is 0 Å². The van der Waals surface area contributed by atoms with Crippen LogP contribution in [0.1, 0.15) is 42.1 Å². The minimum absolute atomic E-state index is 0.0150. The van der Waals surface area contributed by atoms with Gasteiger partial charge in [-0.1, -0.05) is 11.8 Å². The standard InChI is InChI=1S/C16H18FNO2/c1-2-18(13-7-8-13)16(20)14-9-6-12(11-15(14)17)5-3-4-10-19/h6,9,11,13,19H,2,4,7-8,10H2,1H3. The number of aliphatic hydroxyl groups excluding tert-OH is 1. The van der Waals surface area contributed by atoms with Crippen LogP contribution in [0.25, 0.3) is 0 Å². The van der Waals surface area contributed by atoms with Gasteiger partial charge in [-0.15, -0.1) is 0 Å². The first-order chi connectivity index (χ1) is 9.67. The molecule has 0 bridgehead atoms. The normalized spacial score (nSPS) is 13.6. The molecule has 0 aromatic heterocycles. The zero-order valence-electron chi connectivity index (χ0n) is 11.5. The first-order valence-corrected chi connectivity index (χ1v) is 6.87. The van der Waals surface area contributed by atoms with E-state index in [1.54, 1.807) is 11.0 Å². The molecule has 4 heteroatoms. The molecule has 1 N–H and O–H groups in total. The molecule has 20 heavy (non-hydrogen) atoms. The largest absolute Gasteiger partial charge is 0.395 e. The Hall–Kier alpha value is -1.86. The Morgan fingerprint density at radius 3 is 2.80 bits per heavy atom. The van der Waals surface area contributed by atoms with E-state index in [9.17, 15) is 9.18 Å². The molecule has 106 valence electrons. The van der Waals surface area contributed by atoms with E-state index < -0.39 is 5.82 Å². The van der Waals surface area contributed by atoms with E-state index in [0.29, 0.717) is 18.5 Å². The van der Waals surface area contributed by atoms with Crippen molar-refractivity contribution in [3.05, 3.63) is 35.1 Å². The van der Waals surface area contributed by atoms with E-state index in [1.807, 2.05) is 6.92 Å². The Morgan fingerprint density at radius 2 is 2.25 bits per heavy atom. The van der Waals surface area contributed by atoms with E-state index in [2.05, 4.69) is 11.8 Å². The Bertz CT molecular complexity index is 555. The van der Waals surface area contributed by atoms with Crippen LogP contribution >= 0.6 is 0 Å². The van der Waals surface area contributed by atoms with Crippen molar-refractivity contribution >= 4 is 5.91 Å². The van der Waals surface area contributed by atoms with Crippen LogP contribution in [0.15, 0.2) is 18.2 Å². The molecule has 1 amide bonds. The number of carbonyl (C=O) groups is 1. The van der Waals surface area contributed by atoms with Gasteiger partial charge in [0, 0.05) is 24.6 Å². The van der Waals surface area contributed by atoms with Crippen molar-refractivity contribution < 1.29 is 14.3 Å². The molecule has 1 aliphatic carbocycles. The lowest BCUT2D eigenvalue weighted by molar-refractivity contribution is 0.0748. The summed E-state index contributed by atoms with van der Waals surface area (Å²) in [5, 5.41) is 8.64. The zero-order chi connectivity index (χ0) is 14.5. The van der Waals surface area contributed by atoms with Gasteiger partial charge in [-0.2, -0.15) is 0 Å². The van der Waals surface area contributed by atoms with E-state index >= 15 is 0 Å². The third kappa shape index (κ3) is 3.37. The van der Waals surface area contributed by atoms with Crippen LogP contribution < -0.4 is 0 Å². The molecule has 1 saturated carbocycles. The maximum atomic E-state index is 14.0. The third-order valence-corrected chi connectivity index (χ3v) is 3.26. The molecule has 1 fully saturated rings. The van der Waals surface area contributed by atoms with Gasteiger partial charge >= 0.3 is 0 Å². The SMILES string of the molecule is CCN(C(=O)c1ccc(C#CCCO)cc1F)C1CC1. The molecule has 0 unspecified atom stereocenters. The summed E-state index contributed by atoms with van der Waals surface area (Å²) < 4.78 is 14.0. The molecule has 0 saturated heterocycles. The van der Waals surface area contributed by atoms with Crippen LogP contribution in [0.2, 0.25) is 0 Å². The van der Waals surface area contributed by atoms with E-state index in [4.69, 9.17) is 5.11 Å². The number of rotatable bonds is 4. The monoisotopic (exact) mass is 275 g/mol. The Kier molecular flexibility index (Phi) is 4.75. The molecule has 1 aliphatic rings. The van der Waals surface area contributed by atoms with Crippen LogP contribution in [0.5, 0.6) is 0 Å². The van der Waals surface area contributed by atoms with Crippen LogP contribution in [-0.2, 0) is 0 Å². The van der Waals surface area contributed by atoms with Crippen LogP contribution in [-0.4, -0.2) is 35.1 Å². The van der Waals surface area contributed by atoms with E-state index in [1.165, 1.54) is 12.1 Å². The Morgan fingerprint density at radius 1 is 1.50 bits per heavy atom. The molecule has 2 rings (SSSR count). The fourth-order valence-corrected chi connectivity index (χ4v) is 2.10. The van der Waals surface area contributed by atoms with Gasteiger partial charge in [-0.3, -0.25) is 4.79 Å². The Labute approximate surface area is 118 Å². The highest BCUT2D eigenvalue weighted by Gasteiger charge is 2.32. The lowest BCUT2D eigenvalue weighted by Crippen LogP contribution is -2.33. The van der Waals surface area contributed by atoms with Crippen molar-refractivity contribution in [1.82, 2.24) is 4.90 Å². The average molecular weight is 275 g/mol. The summed E-state index contributed by atoms with van der Waals surface area (Å²) in [6, 6.07) is 4.68. The molecule has 0 atom stereocenters. The molecular formula is C16H18FNO2. The van der Waals surface area contributed by atoms with Gasteiger partial charge in [-0.05, 0) is 38.0 Å². The number of aliphatic hydroxyl groups is 1. The second kappa shape index (κ2) is 6.53. The lowest BCUT2D eigenvalue weighted by atomic mass is 10.1. The van der Waals surface area contributed by atoms with Crippen molar-refractivity contribution in [2.75, 3.05) is 13.2 Å². The highest BCUT2D eigenvalue weighted by molar-refractivity contribution is 5.95. The van der Waals surface area contributed by atoms with E-state index in [-0.39, 0.29) is 24.1 Å². The summed E-state index contributed by atoms with van der Waals surface area (Å²) in [6.45, 7) is 2.49. The highest BCUT2D eigenvalue weighted by atomic mass is 19.1. The molecule has 0 radical (unpaired) electrons. The lowest BCUT2D eigenvalue weighted by Gasteiger charge is -2.20. The highest BCUT2D eigenvalue weighted by Crippen LogP contribution is 2.28. The predicted molar refractivity (Wildman–Crippen MR) is 74.7 cm³/mol. The maximum absolute atomic E-state index is 14.0. The minimum atomic E-state index is -0.537. The molecule has 3 nitrogen and oxygen atoms in total. The van der Waals surface area contributed by atoms with Gasteiger partial charge in [0.05, 0.1) is 12.2 Å². The summed E-state index contributed by atoms with van der Waals surface area (Å²) in [5.41, 5.74) is 0.619. The Balaban J connectivity index is 2.17. The molecule has 0 spiro atoms. The number of halogens is 1. The van der Waals surface area contributed by atoms with Crippen LogP contribution in [0.3, 0.4) is 0 Å². The fourth-order valence-electron chi connectivity index (χ4n) is 2.10. The smallest absolute Gasteiger partial charge is 0.257 e. The summed E-state index contributed by atoms with van der Waals surface area (Å²) in [7, 11) is 0. The topological polar surface area (TPSA) is 40.5 Å². The molecule has 1 aromatic rings. The van der Waals surface area contributed by atoms with Gasteiger partial charge in [0.15, 0.2) is 0 Å². The third-order valence-electron chi connectivity index (χ3n) is 3.26. The molecule has 1 aromatic carbocycles. The first-order valence-electron chi connectivity index (χ1n) is 6.87. The van der Waals surface area contributed by atoms with Gasteiger partial charge in [0.25, 0.3) is 5.91 Å². The van der Waals surface area contributed by atoms with Crippen molar-refractivity contribution in [3.63, 3.8) is 0 Å². The minimum Gasteiger partial charge on any atom is -0.395 e. The summed E-state index contributed by atoms with van der Waals surface area (Å²) in [5.74, 6) is 4.70. The van der Waals surface area contributed by atoms with Crippen molar-refractivity contribution in [2.45, 2.75) is 32.2 Å². The molecule has 0 aliphatic heterocycles. The number of hydrogen-bond donors (Lipinski definition) is 1.